The van der Waals surface area contributed by atoms with E-state index in [9.17, 15) is 9.59 Å². The molecule has 1 saturated carbocycles. The second-order valence-electron chi connectivity index (χ2n) is 5.46. The van der Waals surface area contributed by atoms with Crippen LogP contribution in [0, 0.1) is 5.92 Å². The Bertz CT molecular complexity index is 515. The normalized spacial score (nSPS) is 21.8. The molecule has 0 spiro atoms. The van der Waals surface area contributed by atoms with E-state index >= 15 is 0 Å². The van der Waals surface area contributed by atoms with Crippen molar-refractivity contribution >= 4 is 11.9 Å². The first-order chi connectivity index (χ1) is 10.1. The minimum Gasteiger partial charge on any atom is -0.481 e. The molecule has 0 bridgehead atoms. The van der Waals surface area contributed by atoms with Crippen LogP contribution in [0.25, 0.3) is 0 Å². The molecule has 2 unspecified atom stereocenters. The van der Waals surface area contributed by atoms with E-state index in [-0.39, 0.29) is 17.9 Å². The summed E-state index contributed by atoms with van der Waals surface area (Å²) >= 11 is 0. The van der Waals surface area contributed by atoms with Crippen LogP contribution in [-0.2, 0) is 16.1 Å². The fourth-order valence-corrected chi connectivity index (χ4v) is 2.83. The van der Waals surface area contributed by atoms with Gasteiger partial charge in [0.15, 0.2) is 0 Å². The van der Waals surface area contributed by atoms with E-state index in [0.717, 1.165) is 18.4 Å². The molecule has 2 atom stereocenters. The van der Waals surface area contributed by atoms with E-state index in [0.29, 0.717) is 25.0 Å². The predicted molar refractivity (Wildman–Crippen MR) is 78.0 cm³/mol. The number of benzene rings is 1. The topological polar surface area (TPSA) is 75.6 Å². The van der Waals surface area contributed by atoms with E-state index in [1.807, 2.05) is 18.2 Å². The summed E-state index contributed by atoms with van der Waals surface area (Å²) in [6, 6.07) is 7.24. The molecule has 0 aromatic heterocycles. The number of carboxylic acid groups (broad SMARTS) is 1. The standard InChI is InChI=1S/C16H21NO4/c1-21-10-12-5-2-3-8-14(12)15(18)17-13-7-4-6-11(9-13)16(19)20/h2-3,5,8,11,13H,4,6-7,9-10H2,1H3,(H,17,18)(H,19,20). The third-order valence-electron chi connectivity index (χ3n) is 3.92. The van der Waals surface area contributed by atoms with Gasteiger partial charge in [-0.05, 0) is 30.9 Å². The van der Waals surface area contributed by atoms with Gasteiger partial charge in [0.2, 0.25) is 0 Å². The molecule has 1 aromatic carbocycles. The highest BCUT2D eigenvalue weighted by molar-refractivity contribution is 5.95. The van der Waals surface area contributed by atoms with E-state index in [2.05, 4.69) is 5.32 Å². The number of hydrogen-bond donors (Lipinski definition) is 2. The van der Waals surface area contributed by atoms with Crippen molar-refractivity contribution in [2.45, 2.75) is 38.3 Å². The number of hydrogen-bond acceptors (Lipinski definition) is 3. The van der Waals surface area contributed by atoms with Crippen molar-refractivity contribution in [3.63, 3.8) is 0 Å². The van der Waals surface area contributed by atoms with Gasteiger partial charge in [-0.25, -0.2) is 0 Å². The lowest BCUT2D eigenvalue weighted by Crippen LogP contribution is -2.40. The van der Waals surface area contributed by atoms with Gasteiger partial charge in [-0.2, -0.15) is 0 Å². The highest BCUT2D eigenvalue weighted by atomic mass is 16.5. The van der Waals surface area contributed by atoms with Gasteiger partial charge in [0.05, 0.1) is 12.5 Å². The monoisotopic (exact) mass is 291 g/mol. The van der Waals surface area contributed by atoms with Crippen LogP contribution in [0.5, 0.6) is 0 Å². The zero-order chi connectivity index (χ0) is 15.2. The molecule has 114 valence electrons. The Morgan fingerprint density at radius 1 is 1.33 bits per heavy atom. The second kappa shape index (κ2) is 7.22. The SMILES string of the molecule is COCc1ccccc1C(=O)NC1CCCC(C(=O)O)C1. The molecule has 1 aliphatic rings. The molecule has 2 rings (SSSR count). The molecular weight excluding hydrogens is 270 g/mol. The smallest absolute Gasteiger partial charge is 0.306 e. The third-order valence-corrected chi connectivity index (χ3v) is 3.92. The average Bonchev–Trinajstić information content (AvgIpc) is 2.48. The lowest BCUT2D eigenvalue weighted by Gasteiger charge is -2.27. The maximum atomic E-state index is 12.4. The number of ether oxygens (including phenoxy) is 1. The Morgan fingerprint density at radius 3 is 2.81 bits per heavy atom. The Balaban J connectivity index is 2.02. The molecule has 21 heavy (non-hydrogen) atoms. The maximum Gasteiger partial charge on any atom is 0.306 e. The molecule has 1 amide bonds. The van der Waals surface area contributed by atoms with Crippen molar-refractivity contribution in [3.05, 3.63) is 35.4 Å². The molecule has 0 heterocycles. The summed E-state index contributed by atoms with van der Waals surface area (Å²) in [6.45, 7) is 0.381. The summed E-state index contributed by atoms with van der Waals surface area (Å²) in [5, 5.41) is 12.1. The van der Waals surface area contributed by atoms with Gasteiger partial charge in [-0.3, -0.25) is 9.59 Å². The first-order valence-corrected chi connectivity index (χ1v) is 7.22. The fraction of sp³-hybridized carbons (Fsp3) is 0.500. The maximum absolute atomic E-state index is 12.4. The summed E-state index contributed by atoms with van der Waals surface area (Å²) < 4.78 is 5.10. The Labute approximate surface area is 124 Å². The van der Waals surface area contributed by atoms with Gasteiger partial charge in [0.1, 0.15) is 0 Å². The average molecular weight is 291 g/mol. The van der Waals surface area contributed by atoms with Crippen LogP contribution in [0.4, 0.5) is 0 Å². The fourth-order valence-electron chi connectivity index (χ4n) is 2.83. The van der Waals surface area contributed by atoms with E-state index < -0.39 is 5.97 Å². The van der Waals surface area contributed by atoms with E-state index in [4.69, 9.17) is 9.84 Å². The van der Waals surface area contributed by atoms with Crippen LogP contribution < -0.4 is 5.32 Å². The zero-order valence-corrected chi connectivity index (χ0v) is 12.2. The molecule has 0 saturated heterocycles. The number of nitrogens with one attached hydrogen (secondary N) is 1. The van der Waals surface area contributed by atoms with Crippen molar-refractivity contribution in [1.29, 1.82) is 0 Å². The zero-order valence-electron chi connectivity index (χ0n) is 12.2. The molecule has 1 aliphatic carbocycles. The first kappa shape index (κ1) is 15.5. The van der Waals surface area contributed by atoms with Crippen molar-refractivity contribution in [2.24, 2.45) is 5.92 Å². The van der Waals surface area contributed by atoms with E-state index in [1.54, 1.807) is 13.2 Å². The Morgan fingerprint density at radius 2 is 2.10 bits per heavy atom. The Kier molecular flexibility index (Phi) is 5.33. The summed E-state index contributed by atoms with van der Waals surface area (Å²) in [6.07, 6.45) is 2.87. The van der Waals surface area contributed by atoms with Crippen molar-refractivity contribution in [1.82, 2.24) is 5.32 Å². The molecule has 1 aromatic rings. The quantitative estimate of drug-likeness (QED) is 0.872. The third kappa shape index (κ3) is 4.04. The van der Waals surface area contributed by atoms with Gasteiger partial charge < -0.3 is 15.2 Å². The number of rotatable bonds is 5. The lowest BCUT2D eigenvalue weighted by molar-refractivity contribution is -0.143. The highest BCUT2D eigenvalue weighted by Gasteiger charge is 2.28. The molecule has 5 nitrogen and oxygen atoms in total. The highest BCUT2D eigenvalue weighted by Crippen LogP contribution is 2.25. The number of carboxylic acids is 1. The molecule has 1 fully saturated rings. The Hall–Kier alpha value is -1.88. The molecule has 2 N–H and O–H groups in total. The van der Waals surface area contributed by atoms with Gasteiger partial charge in [0, 0.05) is 18.7 Å². The van der Waals surface area contributed by atoms with Gasteiger partial charge in [0.25, 0.3) is 5.91 Å². The minimum atomic E-state index is -0.770. The second-order valence-corrected chi connectivity index (χ2v) is 5.46. The van der Waals surface area contributed by atoms with Gasteiger partial charge >= 0.3 is 5.97 Å². The van der Waals surface area contributed by atoms with Crippen LogP contribution >= 0.6 is 0 Å². The van der Waals surface area contributed by atoms with Crippen LogP contribution in [-0.4, -0.2) is 30.1 Å². The van der Waals surface area contributed by atoms with Crippen LogP contribution in [0.1, 0.15) is 41.6 Å². The largest absolute Gasteiger partial charge is 0.481 e. The van der Waals surface area contributed by atoms with Crippen molar-refractivity contribution < 1.29 is 19.4 Å². The van der Waals surface area contributed by atoms with E-state index in [1.165, 1.54) is 0 Å². The van der Waals surface area contributed by atoms with Gasteiger partial charge in [-0.15, -0.1) is 0 Å². The minimum absolute atomic E-state index is 0.0667. The van der Waals surface area contributed by atoms with Gasteiger partial charge in [-0.1, -0.05) is 24.6 Å². The van der Waals surface area contributed by atoms with Crippen LogP contribution in [0.15, 0.2) is 24.3 Å². The van der Waals surface area contributed by atoms with Crippen molar-refractivity contribution in [3.8, 4) is 0 Å². The van der Waals surface area contributed by atoms with Crippen LogP contribution in [0.2, 0.25) is 0 Å². The molecule has 5 heteroatoms. The first-order valence-electron chi connectivity index (χ1n) is 7.22. The predicted octanol–water partition coefficient (Wildman–Crippen LogP) is 2.21. The molecule has 0 radical (unpaired) electrons. The summed E-state index contributed by atoms with van der Waals surface area (Å²) in [7, 11) is 1.59. The lowest BCUT2D eigenvalue weighted by atomic mass is 9.85. The summed E-state index contributed by atoms with van der Waals surface area (Å²) in [5.41, 5.74) is 1.43. The summed E-state index contributed by atoms with van der Waals surface area (Å²) in [4.78, 5) is 23.4. The number of carbonyl (C=O) groups is 2. The van der Waals surface area contributed by atoms with Crippen molar-refractivity contribution in [2.75, 3.05) is 7.11 Å². The molecular formula is C16H21NO4. The molecule has 0 aliphatic heterocycles. The number of amides is 1. The summed E-state index contributed by atoms with van der Waals surface area (Å²) in [5.74, 6) is -1.27. The number of aliphatic carboxylic acids is 1. The van der Waals surface area contributed by atoms with Crippen LogP contribution in [0.3, 0.4) is 0 Å². The number of carbonyl (C=O) groups excluding carboxylic acids is 1. The number of methoxy groups -OCH3 is 1.